The number of carbonyl (C=O) groups is 1. The van der Waals surface area contributed by atoms with Gasteiger partial charge in [-0.2, -0.15) is 4.98 Å². The topological polar surface area (TPSA) is 80.0 Å². The molecule has 0 aliphatic heterocycles. The number of benzene rings is 1. The van der Waals surface area contributed by atoms with E-state index in [9.17, 15) is 9.90 Å². The van der Waals surface area contributed by atoms with Gasteiger partial charge in [0.05, 0.1) is 6.10 Å². The van der Waals surface area contributed by atoms with Gasteiger partial charge in [-0.15, -0.1) is 0 Å². The number of nitrogens with zero attached hydrogens (tertiary/aromatic N) is 3. The van der Waals surface area contributed by atoms with E-state index in [0.29, 0.717) is 17.6 Å². The van der Waals surface area contributed by atoms with Crippen molar-refractivity contribution in [3.63, 3.8) is 0 Å². The maximum absolute atomic E-state index is 11.0. The van der Waals surface area contributed by atoms with Gasteiger partial charge in [0.2, 0.25) is 5.95 Å². The van der Waals surface area contributed by atoms with E-state index in [4.69, 9.17) is 4.98 Å². The molecule has 1 aliphatic carbocycles. The maximum Gasteiger partial charge on any atom is 0.224 e. The Balaban J connectivity index is 1.75. The molecular formula is C23H28N4O2. The van der Waals surface area contributed by atoms with Gasteiger partial charge in [-0.1, -0.05) is 37.6 Å². The van der Waals surface area contributed by atoms with E-state index < -0.39 is 0 Å². The van der Waals surface area contributed by atoms with Crippen LogP contribution >= 0.6 is 0 Å². The highest BCUT2D eigenvalue weighted by Gasteiger charge is 2.24. The van der Waals surface area contributed by atoms with Gasteiger partial charge in [0.15, 0.2) is 0 Å². The number of anilines is 1. The zero-order chi connectivity index (χ0) is 20.2. The summed E-state index contributed by atoms with van der Waals surface area (Å²) in [4.78, 5) is 20.4. The van der Waals surface area contributed by atoms with Crippen LogP contribution in [0, 0.1) is 0 Å². The molecule has 2 heterocycles. The molecule has 4 rings (SSSR count). The van der Waals surface area contributed by atoms with Crippen LogP contribution in [-0.2, 0) is 0 Å². The SMILES string of the molecule is CCCCNc1ncc2c(-c3ccc(C=O)cc3)cn([C@H]3CC[C@H](O)CC3)c2n1. The third-order valence-electron chi connectivity index (χ3n) is 5.80. The molecule has 0 bridgehead atoms. The van der Waals surface area contributed by atoms with Crippen molar-refractivity contribution >= 4 is 23.3 Å². The molecule has 152 valence electrons. The van der Waals surface area contributed by atoms with Gasteiger partial charge in [0.25, 0.3) is 0 Å². The summed E-state index contributed by atoms with van der Waals surface area (Å²) in [5, 5.41) is 14.2. The van der Waals surface area contributed by atoms with E-state index in [0.717, 1.165) is 73.5 Å². The van der Waals surface area contributed by atoms with Crippen LogP contribution in [0.3, 0.4) is 0 Å². The van der Waals surface area contributed by atoms with Crippen molar-refractivity contribution in [2.75, 3.05) is 11.9 Å². The molecule has 1 fully saturated rings. The smallest absolute Gasteiger partial charge is 0.224 e. The zero-order valence-electron chi connectivity index (χ0n) is 16.8. The summed E-state index contributed by atoms with van der Waals surface area (Å²) in [7, 11) is 0. The molecule has 0 unspecified atom stereocenters. The molecule has 2 N–H and O–H groups in total. The average Bonchev–Trinajstić information content (AvgIpc) is 3.13. The predicted octanol–water partition coefficient (Wildman–Crippen LogP) is 4.60. The fourth-order valence-corrected chi connectivity index (χ4v) is 4.08. The predicted molar refractivity (Wildman–Crippen MR) is 115 cm³/mol. The number of unbranched alkanes of at least 4 members (excludes halogenated alkanes) is 1. The number of hydrogen-bond acceptors (Lipinski definition) is 5. The summed E-state index contributed by atoms with van der Waals surface area (Å²) in [6.07, 6.45) is 10.5. The second-order valence-corrected chi connectivity index (χ2v) is 7.86. The fraction of sp³-hybridized carbons (Fsp3) is 0.435. The minimum atomic E-state index is -0.190. The van der Waals surface area contributed by atoms with Crippen LogP contribution in [0.15, 0.2) is 36.7 Å². The Morgan fingerprint density at radius 1 is 1.21 bits per heavy atom. The standard InChI is InChI=1S/C23H28N4O2/c1-2-3-12-24-23-25-13-20-21(17-6-4-16(15-28)5-7-17)14-27(22(20)26-23)18-8-10-19(29)11-9-18/h4-7,13-15,18-19,29H,2-3,8-12H2,1H3,(H,24,25,26)/t18-,19-. The second-order valence-electron chi connectivity index (χ2n) is 7.86. The summed E-state index contributed by atoms with van der Waals surface area (Å²) in [5.41, 5.74) is 3.71. The fourth-order valence-electron chi connectivity index (χ4n) is 4.08. The van der Waals surface area contributed by atoms with Crippen molar-refractivity contribution in [2.24, 2.45) is 0 Å². The summed E-state index contributed by atoms with van der Waals surface area (Å²) < 4.78 is 2.26. The van der Waals surface area contributed by atoms with Crippen molar-refractivity contribution < 1.29 is 9.90 Å². The number of rotatable bonds is 7. The molecule has 29 heavy (non-hydrogen) atoms. The highest BCUT2D eigenvalue weighted by molar-refractivity contribution is 5.94. The Morgan fingerprint density at radius 2 is 1.97 bits per heavy atom. The first-order chi connectivity index (χ1) is 14.2. The normalized spacial score (nSPS) is 19.4. The monoisotopic (exact) mass is 392 g/mol. The lowest BCUT2D eigenvalue weighted by molar-refractivity contribution is 0.111. The molecule has 0 saturated heterocycles. The molecule has 1 saturated carbocycles. The van der Waals surface area contributed by atoms with Crippen molar-refractivity contribution in [1.29, 1.82) is 0 Å². The maximum atomic E-state index is 11.0. The van der Waals surface area contributed by atoms with Crippen LogP contribution in [0.1, 0.15) is 61.8 Å². The Kier molecular flexibility index (Phi) is 5.90. The molecule has 3 aromatic rings. The molecule has 6 heteroatoms. The number of aromatic nitrogens is 3. The molecule has 0 amide bonds. The largest absolute Gasteiger partial charge is 0.393 e. The lowest BCUT2D eigenvalue weighted by Gasteiger charge is -2.27. The Hall–Kier alpha value is -2.73. The quantitative estimate of drug-likeness (QED) is 0.454. The third kappa shape index (κ3) is 4.17. The highest BCUT2D eigenvalue weighted by atomic mass is 16.3. The minimum absolute atomic E-state index is 0.190. The molecular weight excluding hydrogens is 364 g/mol. The lowest BCUT2D eigenvalue weighted by atomic mass is 9.93. The van der Waals surface area contributed by atoms with Crippen molar-refractivity contribution in [2.45, 2.75) is 57.6 Å². The van der Waals surface area contributed by atoms with E-state index in [2.05, 4.69) is 28.0 Å². The first kappa shape index (κ1) is 19.6. The molecule has 0 radical (unpaired) electrons. The van der Waals surface area contributed by atoms with Gasteiger partial charge in [-0.05, 0) is 37.7 Å². The zero-order valence-corrected chi connectivity index (χ0v) is 16.8. The third-order valence-corrected chi connectivity index (χ3v) is 5.80. The van der Waals surface area contributed by atoms with Gasteiger partial charge < -0.3 is 15.0 Å². The van der Waals surface area contributed by atoms with Gasteiger partial charge in [0, 0.05) is 41.5 Å². The van der Waals surface area contributed by atoms with E-state index >= 15 is 0 Å². The Labute approximate surface area is 171 Å². The minimum Gasteiger partial charge on any atom is -0.393 e. The van der Waals surface area contributed by atoms with Crippen LogP contribution in [0.5, 0.6) is 0 Å². The van der Waals surface area contributed by atoms with Gasteiger partial charge in [-0.3, -0.25) is 4.79 Å². The van der Waals surface area contributed by atoms with Crippen LogP contribution in [0.25, 0.3) is 22.2 Å². The number of nitrogens with one attached hydrogen (secondary N) is 1. The number of carbonyl (C=O) groups excluding carboxylic acids is 1. The van der Waals surface area contributed by atoms with E-state index in [1.54, 1.807) is 0 Å². The average molecular weight is 393 g/mol. The van der Waals surface area contributed by atoms with Gasteiger partial charge >= 0.3 is 0 Å². The van der Waals surface area contributed by atoms with Crippen LogP contribution in [0.4, 0.5) is 5.95 Å². The Bertz CT molecular complexity index is 972. The van der Waals surface area contributed by atoms with E-state index in [1.165, 1.54) is 0 Å². The summed E-state index contributed by atoms with van der Waals surface area (Å²) in [5.74, 6) is 0.656. The lowest BCUT2D eigenvalue weighted by Crippen LogP contribution is -2.21. The molecule has 1 aromatic carbocycles. The molecule has 0 atom stereocenters. The number of fused-ring (bicyclic) bond motifs is 1. The molecule has 2 aromatic heterocycles. The van der Waals surface area contributed by atoms with Crippen molar-refractivity contribution in [3.8, 4) is 11.1 Å². The summed E-state index contributed by atoms with van der Waals surface area (Å²) in [6, 6.07) is 7.94. The van der Waals surface area contributed by atoms with E-state index in [-0.39, 0.29) is 6.10 Å². The van der Waals surface area contributed by atoms with Crippen molar-refractivity contribution in [3.05, 3.63) is 42.2 Å². The van der Waals surface area contributed by atoms with Crippen molar-refractivity contribution in [1.82, 2.24) is 14.5 Å². The molecule has 0 spiro atoms. The number of aliphatic hydroxyl groups excluding tert-OH is 1. The van der Waals surface area contributed by atoms with E-state index in [1.807, 2.05) is 30.5 Å². The number of aldehydes is 1. The van der Waals surface area contributed by atoms with Crippen LogP contribution in [-0.4, -0.2) is 38.6 Å². The summed E-state index contributed by atoms with van der Waals surface area (Å²) >= 11 is 0. The first-order valence-electron chi connectivity index (χ1n) is 10.5. The van der Waals surface area contributed by atoms with Gasteiger partial charge in [0.1, 0.15) is 11.9 Å². The first-order valence-corrected chi connectivity index (χ1v) is 10.5. The summed E-state index contributed by atoms with van der Waals surface area (Å²) in [6.45, 7) is 3.02. The molecule has 1 aliphatic rings. The highest BCUT2D eigenvalue weighted by Crippen LogP contribution is 2.36. The number of hydrogen-bond donors (Lipinski definition) is 2. The van der Waals surface area contributed by atoms with Gasteiger partial charge in [-0.25, -0.2) is 4.98 Å². The van der Waals surface area contributed by atoms with Crippen LogP contribution < -0.4 is 5.32 Å². The Morgan fingerprint density at radius 3 is 2.66 bits per heavy atom. The number of aliphatic hydroxyl groups is 1. The second kappa shape index (κ2) is 8.74. The van der Waals surface area contributed by atoms with Crippen LogP contribution in [0.2, 0.25) is 0 Å². The molecule has 6 nitrogen and oxygen atoms in total.